The number of hydrogen-bond acceptors (Lipinski definition) is 4. The summed E-state index contributed by atoms with van der Waals surface area (Å²) in [5.74, 6) is 2.31. The Labute approximate surface area is 131 Å². The fourth-order valence-electron chi connectivity index (χ4n) is 1.90. The van der Waals surface area contributed by atoms with Crippen molar-refractivity contribution in [1.82, 2.24) is 0 Å². The fraction of sp³-hybridized carbons (Fsp3) is 0.333. The molecule has 0 N–H and O–H groups in total. The summed E-state index contributed by atoms with van der Waals surface area (Å²) in [4.78, 5) is 0. The van der Waals surface area contributed by atoms with Crippen molar-refractivity contribution >= 4 is 0 Å². The van der Waals surface area contributed by atoms with Gasteiger partial charge in [-0.05, 0) is 31.2 Å². The highest BCUT2D eigenvalue weighted by molar-refractivity contribution is 5.39. The Hall–Kier alpha value is -2.20. The Morgan fingerprint density at radius 3 is 2.05 bits per heavy atom. The van der Waals surface area contributed by atoms with Gasteiger partial charge in [0, 0.05) is 0 Å². The molecule has 4 heteroatoms. The molecule has 0 heterocycles. The standard InChI is InChI=1S/C18H22O4/c1-15-7-9-16(10-8-15)21-13-11-20-12-14-22-18-6-4-3-5-17(18)19-2/h3-10H,11-14H2,1-2H3. The number of hydrogen-bond donors (Lipinski definition) is 0. The second kappa shape index (κ2) is 8.95. The van der Waals surface area contributed by atoms with Gasteiger partial charge in [0.2, 0.25) is 0 Å². The molecule has 0 bridgehead atoms. The van der Waals surface area contributed by atoms with Crippen LogP contribution in [0.2, 0.25) is 0 Å². The van der Waals surface area contributed by atoms with E-state index >= 15 is 0 Å². The van der Waals surface area contributed by atoms with E-state index in [0.29, 0.717) is 26.4 Å². The third kappa shape index (κ3) is 5.30. The smallest absolute Gasteiger partial charge is 0.161 e. The molecule has 0 amide bonds. The van der Waals surface area contributed by atoms with Gasteiger partial charge in [-0.25, -0.2) is 0 Å². The van der Waals surface area contributed by atoms with Gasteiger partial charge in [-0.2, -0.15) is 0 Å². The van der Waals surface area contributed by atoms with Crippen molar-refractivity contribution < 1.29 is 18.9 Å². The zero-order chi connectivity index (χ0) is 15.6. The highest BCUT2D eigenvalue weighted by Gasteiger charge is 2.01. The summed E-state index contributed by atoms with van der Waals surface area (Å²) in [7, 11) is 1.63. The fourth-order valence-corrected chi connectivity index (χ4v) is 1.90. The van der Waals surface area contributed by atoms with Crippen LogP contribution in [0.25, 0.3) is 0 Å². The first kappa shape index (κ1) is 16.2. The predicted molar refractivity (Wildman–Crippen MR) is 86.0 cm³/mol. The van der Waals surface area contributed by atoms with E-state index in [1.54, 1.807) is 7.11 Å². The molecule has 0 aliphatic carbocycles. The summed E-state index contributed by atoms with van der Waals surface area (Å²) in [6.07, 6.45) is 0. The van der Waals surface area contributed by atoms with Crippen LogP contribution in [0.1, 0.15) is 5.56 Å². The lowest BCUT2D eigenvalue weighted by atomic mass is 10.2. The van der Waals surface area contributed by atoms with Crippen molar-refractivity contribution in [2.75, 3.05) is 33.5 Å². The van der Waals surface area contributed by atoms with E-state index in [9.17, 15) is 0 Å². The third-order valence-corrected chi connectivity index (χ3v) is 3.07. The lowest BCUT2D eigenvalue weighted by molar-refractivity contribution is 0.0757. The number of benzene rings is 2. The minimum Gasteiger partial charge on any atom is -0.493 e. The van der Waals surface area contributed by atoms with Gasteiger partial charge in [-0.1, -0.05) is 29.8 Å². The maximum atomic E-state index is 5.62. The highest BCUT2D eigenvalue weighted by Crippen LogP contribution is 2.25. The minimum atomic E-state index is 0.477. The predicted octanol–water partition coefficient (Wildman–Crippen LogP) is 3.48. The van der Waals surface area contributed by atoms with E-state index in [1.807, 2.05) is 48.5 Å². The zero-order valence-corrected chi connectivity index (χ0v) is 13.1. The minimum absolute atomic E-state index is 0.477. The van der Waals surface area contributed by atoms with E-state index in [4.69, 9.17) is 18.9 Å². The van der Waals surface area contributed by atoms with Gasteiger partial charge in [0.1, 0.15) is 19.0 Å². The molecule has 2 aromatic rings. The maximum Gasteiger partial charge on any atom is 0.161 e. The summed E-state index contributed by atoms with van der Waals surface area (Å²) in [5.41, 5.74) is 1.22. The molecule has 0 radical (unpaired) electrons. The zero-order valence-electron chi connectivity index (χ0n) is 13.1. The molecule has 118 valence electrons. The first-order valence-corrected chi connectivity index (χ1v) is 7.32. The topological polar surface area (TPSA) is 36.9 Å². The lowest BCUT2D eigenvalue weighted by Gasteiger charge is -2.11. The molecule has 0 spiro atoms. The average Bonchev–Trinajstić information content (AvgIpc) is 2.56. The van der Waals surface area contributed by atoms with E-state index < -0.39 is 0 Å². The van der Waals surface area contributed by atoms with Gasteiger partial charge in [0.25, 0.3) is 0 Å². The van der Waals surface area contributed by atoms with Gasteiger partial charge in [-0.3, -0.25) is 0 Å². The molecule has 0 atom stereocenters. The third-order valence-electron chi connectivity index (χ3n) is 3.07. The van der Waals surface area contributed by atoms with Crippen molar-refractivity contribution in [3.8, 4) is 17.2 Å². The van der Waals surface area contributed by atoms with Crippen molar-refractivity contribution in [3.63, 3.8) is 0 Å². The maximum absolute atomic E-state index is 5.62. The van der Waals surface area contributed by atoms with Crippen molar-refractivity contribution in [3.05, 3.63) is 54.1 Å². The first-order chi connectivity index (χ1) is 10.8. The molecule has 0 aromatic heterocycles. The van der Waals surface area contributed by atoms with Crippen LogP contribution in [0.3, 0.4) is 0 Å². The summed E-state index contributed by atoms with van der Waals surface area (Å²) in [6.45, 7) is 4.09. The van der Waals surface area contributed by atoms with Gasteiger partial charge in [-0.15, -0.1) is 0 Å². The summed E-state index contributed by atoms with van der Waals surface area (Å²) in [6, 6.07) is 15.5. The quantitative estimate of drug-likeness (QED) is 0.665. The SMILES string of the molecule is COc1ccccc1OCCOCCOc1ccc(C)cc1. The van der Waals surface area contributed by atoms with Crippen molar-refractivity contribution in [2.24, 2.45) is 0 Å². The summed E-state index contributed by atoms with van der Waals surface area (Å²) < 4.78 is 21.9. The Kier molecular flexibility index (Phi) is 6.58. The molecular weight excluding hydrogens is 280 g/mol. The van der Waals surface area contributed by atoms with Crippen LogP contribution in [-0.4, -0.2) is 33.5 Å². The number of para-hydroxylation sites is 2. The Balaban J connectivity index is 1.57. The largest absolute Gasteiger partial charge is 0.493 e. The van der Waals surface area contributed by atoms with Crippen LogP contribution in [0.15, 0.2) is 48.5 Å². The molecule has 2 rings (SSSR count). The van der Waals surface area contributed by atoms with E-state index in [0.717, 1.165) is 17.2 Å². The molecule has 0 unspecified atom stereocenters. The van der Waals surface area contributed by atoms with Crippen molar-refractivity contribution in [2.45, 2.75) is 6.92 Å². The van der Waals surface area contributed by atoms with Gasteiger partial charge in [0.05, 0.1) is 20.3 Å². The van der Waals surface area contributed by atoms with Gasteiger partial charge >= 0.3 is 0 Å². The van der Waals surface area contributed by atoms with Crippen LogP contribution >= 0.6 is 0 Å². The second-order valence-electron chi connectivity index (χ2n) is 4.77. The Bertz CT molecular complexity index is 551. The number of methoxy groups -OCH3 is 1. The van der Waals surface area contributed by atoms with Crippen LogP contribution in [-0.2, 0) is 4.74 Å². The first-order valence-electron chi connectivity index (χ1n) is 7.32. The number of ether oxygens (including phenoxy) is 4. The van der Waals surface area contributed by atoms with Gasteiger partial charge < -0.3 is 18.9 Å². The van der Waals surface area contributed by atoms with Crippen LogP contribution in [0, 0.1) is 6.92 Å². The summed E-state index contributed by atoms with van der Waals surface area (Å²) in [5, 5.41) is 0. The van der Waals surface area contributed by atoms with E-state index in [-0.39, 0.29) is 0 Å². The average molecular weight is 302 g/mol. The van der Waals surface area contributed by atoms with Gasteiger partial charge in [0.15, 0.2) is 11.5 Å². The lowest BCUT2D eigenvalue weighted by Crippen LogP contribution is -2.12. The molecule has 22 heavy (non-hydrogen) atoms. The molecule has 2 aromatic carbocycles. The number of aryl methyl sites for hydroxylation is 1. The molecule has 0 saturated carbocycles. The second-order valence-corrected chi connectivity index (χ2v) is 4.77. The Morgan fingerprint density at radius 2 is 1.36 bits per heavy atom. The molecule has 0 aliphatic rings. The summed E-state index contributed by atoms with van der Waals surface area (Å²) >= 11 is 0. The molecule has 0 saturated heterocycles. The number of rotatable bonds is 9. The van der Waals surface area contributed by atoms with Crippen LogP contribution < -0.4 is 14.2 Å². The normalized spacial score (nSPS) is 10.3. The van der Waals surface area contributed by atoms with Crippen LogP contribution in [0.5, 0.6) is 17.2 Å². The molecule has 4 nitrogen and oxygen atoms in total. The highest BCUT2D eigenvalue weighted by atomic mass is 16.6. The molecular formula is C18H22O4. The van der Waals surface area contributed by atoms with Crippen LogP contribution in [0.4, 0.5) is 0 Å². The van der Waals surface area contributed by atoms with E-state index in [2.05, 4.69) is 6.92 Å². The Morgan fingerprint density at radius 1 is 0.727 bits per heavy atom. The molecule has 0 aliphatic heterocycles. The van der Waals surface area contributed by atoms with Crippen molar-refractivity contribution in [1.29, 1.82) is 0 Å². The monoisotopic (exact) mass is 302 g/mol. The molecule has 0 fully saturated rings. The van der Waals surface area contributed by atoms with E-state index in [1.165, 1.54) is 5.56 Å².